The van der Waals surface area contributed by atoms with Crippen LogP contribution in [0.2, 0.25) is 5.02 Å². The third-order valence-corrected chi connectivity index (χ3v) is 5.91. The number of benzene rings is 3. The largest absolute Gasteiger partial charge is 0.494 e. The van der Waals surface area contributed by atoms with E-state index in [1.54, 1.807) is 0 Å². The van der Waals surface area contributed by atoms with Gasteiger partial charge >= 0.3 is 0 Å². The summed E-state index contributed by atoms with van der Waals surface area (Å²) in [7, 11) is 0. The van der Waals surface area contributed by atoms with E-state index in [4.69, 9.17) is 27.9 Å². The maximum atomic E-state index is 11.1. The van der Waals surface area contributed by atoms with Gasteiger partial charge in [0, 0.05) is 24.7 Å². The van der Waals surface area contributed by atoms with Gasteiger partial charge in [0.2, 0.25) is 5.24 Å². The number of carbonyl (C=O) groups excluding carboxylic acids is 1. The molecule has 1 heterocycles. The summed E-state index contributed by atoms with van der Waals surface area (Å²) in [4.78, 5) is 13.4. The first kappa shape index (κ1) is 20.2. The Hall–Kier alpha value is -2.07. The van der Waals surface area contributed by atoms with Crippen molar-refractivity contribution in [2.75, 3.05) is 19.7 Å². The molecule has 150 valence electrons. The smallest absolute Gasteiger partial charge is 0.227 e. The number of carbonyl (C=O) groups is 1. The van der Waals surface area contributed by atoms with Crippen LogP contribution in [0.25, 0.3) is 10.8 Å². The maximum Gasteiger partial charge on any atom is 0.227 e. The first-order valence-corrected chi connectivity index (χ1v) is 10.6. The molecule has 0 unspecified atom stereocenters. The highest BCUT2D eigenvalue weighted by molar-refractivity contribution is 6.64. The van der Waals surface area contributed by atoms with Crippen molar-refractivity contribution >= 4 is 39.2 Å². The second-order valence-electron chi connectivity index (χ2n) is 7.62. The Morgan fingerprint density at radius 1 is 0.966 bits per heavy atom. The molecule has 1 aliphatic rings. The number of halogens is 2. The normalized spacial score (nSPS) is 14.7. The lowest BCUT2D eigenvalue weighted by Gasteiger charge is -2.37. The number of ether oxygens (including phenoxy) is 1. The molecule has 5 heteroatoms. The Morgan fingerprint density at radius 3 is 2.41 bits per heavy atom. The standard InChI is InChI=1S/C24H23Cl2NO2/c25-22-8-4-17(5-9-22)2-1-11-29-23-10-7-19-12-18(3-6-20(19)13-23)14-27-15-21(16-27)24(26)28/h3-10,12-13,21H,1-2,11,14-16H2. The molecule has 0 saturated carbocycles. The first-order valence-electron chi connectivity index (χ1n) is 9.88. The summed E-state index contributed by atoms with van der Waals surface area (Å²) in [5.74, 6) is 0.893. The molecule has 0 spiro atoms. The van der Waals surface area contributed by atoms with Gasteiger partial charge in [-0.3, -0.25) is 9.69 Å². The lowest BCUT2D eigenvalue weighted by Crippen LogP contribution is -2.48. The molecule has 0 aromatic heterocycles. The van der Waals surface area contributed by atoms with E-state index in [2.05, 4.69) is 47.4 Å². The molecule has 0 radical (unpaired) electrons. The lowest BCUT2D eigenvalue weighted by molar-refractivity contribution is -0.120. The molecule has 3 nitrogen and oxygen atoms in total. The van der Waals surface area contributed by atoms with Gasteiger partial charge in [-0.2, -0.15) is 0 Å². The average molecular weight is 428 g/mol. The monoisotopic (exact) mass is 427 g/mol. The fraction of sp³-hybridized carbons (Fsp3) is 0.292. The first-order chi connectivity index (χ1) is 14.1. The Labute approximate surface area is 181 Å². The molecule has 0 amide bonds. The van der Waals surface area contributed by atoms with E-state index in [1.165, 1.54) is 21.9 Å². The third-order valence-electron chi connectivity index (χ3n) is 5.35. The van der Waals surface area contributed by atoms with Crippen molar-refractivity contribution < 1.29 is 9.53 Å². The Morgan fingerprint density at radius 2 is 1.66 bits per heavy atom. The van der Waals surface area contributed by atoms with E-state index in [0.717, 1.165) is 43.2 Å². The predicted molar refractivity (Wildman–Crippen MR) is 119 cm³/mol. The molecule has 4 rings (SSSR count). The van der Waals surface area contributed by atoms with Crippen molar-refractivity contribution in [2.45, 2.75) is 19.4 Å². The Balaban J connectivity index is 1.29. The van der Waals surface area contributed by atoms with E-state index in [-0.39, 0.29) is 11.2 Å². The molecule has 3 aromatic carbocycles. The molecule has 29 heavy (non-hydrogen) atoms. The van der Waals surface area contributed by atoms with Gasteiger partial charge in [0.1, 0.15) is 5.75 Å². The minimum atomic E-state index is -0.222. The number of fused-ring (bicyclic) bond motifs is 1. The van der Waals surface area contributed by atoms with Gasteiger partial charge < -0.3 is 4.74 Å². The van der Waals surface area contributed by atoms with Crippen molar-refractivity contribution in [3.63, 3.8) is 0 Å². The van der Waals surface area contributed by atoms with E-state index < -0.39 is 0 Å². The minimum Gasteiger partial charge on any atom is -0.494 e. The lowest BCUT2D eigenvalue weighted by atomic mass is 10.00. The minimum absolute atomic E-state index is 0.00322. The van der Waals surface area contributed by atoms with Crippen molar-refractivity contribution in [3.05, 3.63) is 76.8 Å². The highest BCUT2D eigenvalue weighted by Crippen LogP contribution is 2.25. The number of likely N-dealkylation sites (tertiary alicyclic amines) is 1. The highest BCUT2D eigenvalue weighted by atomic mass is 35.5. The van der Waals surface area contributed by atoms with Crippen LogP contribution < -0.4 is 4.74 Å². The van der Waals surface area contributed by atoms with Crippen LogP contribution in [0, 0.1) is 5.92 Å². The number of aryl methyl sites for hydroxylation is 1. The zero-order valence-electron chi connectivity index (χ0n) is 16.1. The van der Waals surface area contributed by atoms with Gasteiger partial charge in [0.25, 0.3) is 0 Å². The molecular formula is C24H23Cl2NO2. The molecule has 0 atom stereocenters. The number of hydrogen-bond donors (Lipinski definition) is 0. The quantitative estimate of drug-likeness (QED) is 0.340. The predicted octanol–water partition coefficient (Wildman–Crippen LogP) is 5.70. The zero-order chi connectivity index (χ0) is 20.2. The van der Waals surface area contributed by atoms with Gasteiger partial charge in [0.15, 0.2) is 0 Å². The molecule has 1 aliphatic heterocycles. The van der Waals surface area contributed by atoms with Gasteiger partial charge in [-0.25, -0.2) is 0 Å². The van der Waals surface area contributed by atoms with E-state index in [0.29, 0.717) is 6.61 Å². The second-order valence-corrected chi connectivity index (χ2v) is 8.43. The van der Waals surface area contributed by atoms with Crippen molar-refractivity contribution in [2.24, 2.45) is 5.92 Å². The molecule has 3 aromatic rings. The second kappa shape index (κ2) is 9.17. The molecule has 0 aliphatic carbocycles. The molecule has 1 saturated heterocycles. The summed E-state index contributed by atoms with van der Waals surface area (Å²) < 4.78 is 5.94. The Bertz CT molecular complexity index is 997. The molecule has 1 fully saturated rings. The summed E-state index contributed by atoms with van der Waals surface area (Å²) in [5, 5.41) is 2.91. The number of rotatable bonds is 8. The van der Waals surface area contributed by atoms with Gasteiger partial charge in [0.05, 0.1) is 12.5 Å². The molecule has 0 N–H and O–H groups in total. The summed E-state index contributed by atoms with van der Waals surface area (Å²) in [5.41, 5.74) is 2.52. The van der Waals surface area contributed by atoms with Crippen LogP contribution >= 0.6 is 23.2 Å². The van der Waals surface area contributed by atoms with Crippen LogP contribution in [-0.4, -0.2) is 29.8 Å². The number of hydrogen-bond acceptors (Lipinski definition) is 3. The van der Waals surface area contributed by atoms with Crippen LogP contribution in [0.4, 0.5) is 0 Å². The fourth-order valence-corrected chi connectivity index (χ4v) is 3.94. The van der Waals surface area contributed by atoms with Gasteiger partial charge in [-0.05, 0) is 76.7 Å². The third kappa shape index (κ3) is 5.30. The van der Waals surface area contributed by atoms with Crippen LogP contribution in [-0.2, 0) is 17.8 Å². The summed E-state index contributed by atoms with van der Waals surface area (Å²) in [6, 6.07) is 20.7. The SMILES string of the molecule is O=C(Cl)C1CN(Cc2ccc3cc(OCCCc4ccc(Cl)cc4)ccc3c2)C1. The van der Waals surface area contributed by atoms with Crippen molar-refractivity contribution in [3.8, 4) is 5.75 Å². The van der Waals surface area contributed by atoms with E-state index in [9.17, 15) is 4.79 Å². The van der Waals surface area contributed by atoms with Gasteiger partial charge in [-0.15, -0.1) is 0 Å². The van der Waals surface area contributed by atoms with E-state index in [1.807, 2.05) is 18.2 Å². The summed E-state index contributed by atoms with van der Waals surface area (Å²) in [6.07, 6.45) is 1.93. The maximum absolute atomic E-state index is 11.1. The topological polar surface area (TPSA) is 29.5 Å². The van der Waals surface area contributed by atoms with Crippen molar-refractivity contribution in [1.82, 2.24) is 4.90 Å². The number of nitrogens with zero attached hydrogens (tertiary/aromatic N) is 1. The highest BCUT2D eigenvalue weighted by Gasteiger charge is 2.31. The van der Waals surface area contributed by atoms with E-state index >= 15 is 0 Å². The van der Waals surface area contributed by atoms with Gasteiger partial charge in [-0.1, -0.05) is 41.9 Å². The Kier molecular flexibility index (Phi) is 6.39. The van der Waals surface area contributed by atoms with Crippen LogP contribution in [0.15, 0.2) is 60.7 Å². The van der Waals surface area contributed by atoms with Crippen LogP contribution in [0.5, 0.6) is 5.75 Å². The zero-order valence-corrected chi connectivity index (χ0v) is 17.6. The molecule has 0 bridgehead atoms. The average Bonchev–Trinajstić information content (AvgIpc) is 2.68. The van der Waals surface area contributed by atoms with Crippen molar-refractivity contribution in [1.29, 1.82) is 0 Å². The van der Waals surface area contributed by atoms with Crippen LogP contribution in [0.1, 0.15) is 17.5 Å². The fourth-order valence-electron chi connectivity index (χ4n) is 3.68. The summed E-state index contributed by atoms with van der Waals surface area (Å²) >= 11 is 11.5. The summed E-state index contributed by atoms with van der Waals surface area (Å²) in [6.45, 7) is 3.04. The van der Waals surface area contributed by atoms with Crippen LogP contribution in [0.3, 0.4) is 0 Å². The molecular weight excluding hydrogens is 405 g/mol.